The van der Waals surface area contributed by atoms with Gasteiger partial charge in [0.1, 0.15) is 0 Å². The van der Waals surface area contributed by atoms with Gasteiger partial charge in [-0.25, -0.2) is 5.01 Å². The molecule has 3 heteroatoms. The predicted molar refractivity (Wildman–Crippen MR) is 40.4 cm³/mol. The third-order valence-corrected chi connectivity index (χ3v) is 1.95. The molecule has 0 radical (unpaired) electrons. The van der Waals surface area contributed by atoms with Gasteiger partial charge in [0.15, 0.2) is 0 Å². The van der Waals surface area contributed by atoms with Crippen LogP contribution >= 0.6 is 0 Å². The molecule has 2 N–H and O–H groups in total. The molecule has 1 unspecified atom stereocenters. The molecule has 0 amide bonds. The Labute approximate surface area is 62.1 Å². The van der Waals surface area contributed by atoms with Crippen molar-refractivity contribution < 1.29 is 4.74 Å². The minimum absolute atomic E-state index is 0.656. The third-order valence-electron chi connectivity index (χ3n) is 1.95. The van der Waals surface area contributed by atoms with Crippen LogP contribution in [0.25, 0.3) is 0 Å². The van der Waals surface area contributed by atoms with E-state index >= 15 is 0 Å². The standard InChI is InChI=1S/C7H16N2O/c1-10-6-7-3-2-4-9(8)5-7/h7H,2-6,8H2,1H3. The lowest BCUT2D eigenvalue weighted by molar-refractivity contribution is 0.0910. The van der Waals surface area contributed by atoms with Gasteiger partial charge >= 0.3 is 0 Å². The maximum Gasteiger partial charge on any atom is 0.0503 e. The van der Waals surface area contributed by atoms with Crippen molar-refractivity contribution in [2.75, 3.05) is 26.8 Å². The van der Waals surface area contributed by atoms with Crippen molar-refractivity contribution in [3.05, 3.63) is 0 Å². The molecular weight excluding hydrogens is 128 g/mol. The quantitative estimate of drug-likeness (QED) is 0.563. The minimum atomic E-state index is 0.656. The zero-order valence-electron chi connectivity index (χ0n) is 6.55. The molecule has 1 heterocycles. The lowest BCUT2D eigenvalue weighted by Gasteiger charge is -2.28. The summed E-state index contributed by atoms with van der Waals surface area (Å²) in [5, 5.41) is 1.88. The molecule has 1 rings (SSSR count). The van der Waals surface area contributed by atoms with Gasteiger partial charge < -0.3 is 4.74 Å². The average molecular weight is 144 g/mol. The molecule has 60 valence electrons. The van der Waals surface area contributed by atoms with Crippen LogP contribution in [0.3, 0.4) is 0 Å². The number of hydrazine groups is 1. The van der Waals surface area contributed by atoms with Crippen LogP contribution in [-0.2, 0) is 4.74 Å². The van der Waals surface area contributed by atoms with E-state index in [9.17, 15) is 0 Å². The van der Waals surface area contributed by atoms with Crippen molar-refractivity contribution in [1.82, 2.24) is 5.01 Å². The summed E-state index contributed by atoms with van der Waals surface area (Å²) >= 11 is 0. The van der Waals surface area contributed by atoms with E-state index in [4.69, 9.17) is 10.6 Å². The fraction of sp³-hybridized carbons (Fsp3) is 1.00. The van der Waals surface area contributed by atoms with E-state index < -0.39 is 0 Å². The fourth-order valence-electron chi connectivity index (χ4n) is 1.47. The van der Waals surface area contributed by atoms with Crippen LogP contribution in [0.2, 0.25) is 0 Å². The fourth-order valence-corrected chi connectivity index (χ4v) is 1.47. The average Bonchev–Trinajstić information content (AvgIpc) is 1.88. The molecular formula is C7H16N2O. The van der Waals surface area contributed by atoms with Crippen molar-refractivity contribution >= 4 is 0 Å². The van der Waals surface area contributed by atoms with Gasteiger partial charge in [-0.1, -0.05) is 0 Å². The first-order valence-electron chi connectivity index (χ1n) is 3.81. The Kier molecular flexibility index (Phi) is 3.12. The smallest absolute Gasteiger partial charge is 0.0503 e. The molecule has 10 heavy (non-hydrogen) atoms. The minimum Gasteiger partial charge on any atom is -0.384 e. The summed E-state index contributed by atoms with van der Waals surface area (Å²) in [7, 11) is 1.75. The Morgan fingerprint density at radius 1 is 1.70 bits per heavy atom. The lowest BCUT2D eigenvalue weighted by Crippen LogP contribution is -2.41. The summed E-state index contributed by atoms with van der Waals surface area (Å²) in [6.45, 7) is 2.89. The number of ether oxygens (including phenoxy) is 1. The first-order valence-corrected chi connectivity index (χ1v) is 3.81. The highest BCUT2D eigenvalue weighted by molar-refractivity contribution is 4.68. The van der Waals surface area contributed by atoms with E-state index in [1.54, 1.807) is 7.11 Å². The second kappa shape index (κ2) is 3.91. The Bertz CT molecular complexity index is 95.6. The normalized spacial score (nSPS) is 28.8. The van der Waals surface area contributed by atoms with E-state index in [0.29, 0.717) is 5.92 Å². The van der Waals surface area contributed by atoms with Crippen LogP contribution in [0.1, 0.15) is 12.8 Å². The molecule has 1 fully saturated rings. The number of nitrogens with two attached hydrogens (primary N) is 1. The first-order chi connectivity index (χ1) is 4.83. The largest absolute Gasteiger partial charge is 0.384 e. The summed E-state index contributed by atoms with van der Waals surface area (Å²) in [5.74, 6) is 6.29. The number of hydrogen-bond donors (Lipinski definition) is 1. The predicted octanol–water partition coefficient (Wildman–Crippen LogP) is 0.219. The summed E-state index contributed by atoms with van der Waals surface area (Å²) in [5.41, 5.74) is 0. The second-order valence-electron chi connectivity index (χ2n) is 2.96. The molecule has 0 spiro atoms. The van der Waals surface area contributed by atoms with Crippen LogP contribution in [0.5, 0.6) is 0 Å². The number of rotatable bonds is 2. The van der Waals surface area contributed by atoms with Crippen LogP contribution in [0.15, 0.2) is 0 Å². The SMILES string of the molecule is COCC1CCCN(N)C1. The molecule has 1 atom stereocenters. The third kappa shape index (κ3) is 2.25. The monoisotopic (exact) mass is 144 g/mol. The molecule has 1 aliphatic rings. The summed E-state index contributed by atoms with van der Waals surface area (Å²) in [6, 6.07) is 0. The van der Waals surface area contributed by atoms with Crippen molar-refractivity contribution in [3.8, 4) is 0 Å². The molecule has 1 saturated heterocycles. The van der Waals surface area contributed by atoms with Gasteiger partial charge in [0.25, 0.3) is 0 Å². The zero-order valence-corrected chi connectivity index (χ0v) is 6.55. The number of piperidine rings is 1. The van der Waals surface area contributed by atoms with Gasteiger partial charge in [0.2, 0.25) is 0 Å². The molecule has 0 aromatic rings. The summed E-state index contributed by atoms with van der Waals surface area (Å²) in [4.78, 5) is 0. The van der Waals surface area contributed by atoms with Gasteiger partial charge in [-0.3, -0.25) is 5.84 Å². The van der Waals surface area contributed by atoms with Crippen LogP contribution in [0, 0.1) is 5.92 Å². The van der Waals surface area contributed by atoms with E-state index in [1.807, 2.05) is 5.01 Å². The van der Waals surface area contributed by atoms with Crippen molar-refractivity contribution in [2.24, 2.45) is 11.8 Å². The molecule has 0 saturated carbocycles. The van der Waals surface area contributed by atoms with Gasteiger partial charge in [0, 0.05) is 20.2 Å². The van der Waals surface area contributed by atoms with Gasteiger partial charge in [-0.2, -0.15) is 0 Å². The Hall–Kier alpha value is -0.120. The topological polar surface area (TPSA) is 38.5 Å². The highest BCUT2D eigenvalue weighted by Crippen LogP contribution is 2.13. The molecule has 0 aromatic carbocycles. The molecule has 0 aliphatic carbocycles. The van der Waals surface area contributed by atoms with Crippen molar-refractivity contribution in [2.45, 2.75) is 12.8 Å². The van der Waals surface area contributed by atoms with E-state index in [2.05, 4.69) is 0 Å². The first kappa shape index (κ1) is 7.98. The zero-order chi connectivity index (χ0) is 7.40. The maximum absolute atomic E-state index is 5.63. The number of nitrogens with zero attached hydrogens (tertiary/aromatic N) is 1. The van der Waals surface area contributed by atoms with Crippen molar-refractivity contribution in [1.29, 1.82) is 0 Å². The van der Waals surface area contributed by atoms with Crippen molar-refractivity contribution in [3.63, 3.8) is 0 Å². The van der Waals surface area contributed by atoms with E-state index in [1.165, 1.54) is 12.8 Å². The van der Waals surface area contributed by atoms with Crippen LogP contribution in [0.4, 0.5) is 0 Å². The second-order valence-corrected chi connectivity index (χ2v) is 2.96. The Balaban J connectivity index is 2.18. The highest BCUT2D eigenvalue weighted by atomic mass is 16.5. The van der Waals surface area contributed by atoms with Crippen LogP contribution in [-0.4, -0.2) is 31.8 Å². The number of methoxy groups -OCH3 is 1. The van der Waals surface area contributed by atoms with E-state index in [0.717, 1.165) is 19.7 Å². The van der Waals surface area contributed by atoms with E-state index in [-0.39, 0.29) is 0 Å². The Morgan fingerprint density at radius 3 is 3.10 bits per heavy atom. The highest BCUT2D eigenvalue weighted by Gasteiger charge is 2.16. The lowest BCUT2D eigenvalue weighted by atomic mass is 10.0. The Morgan fingerprint density at radius 2 is 2.50 bits per heavy atom. The van der Waals surface area contributed by atoms with Gasteiger partial charge in [-0.15, -0.1) is 0 Å². The molecule has 0 aromatic heterocycles. The summed E-state index contributed by atoms with van der Waals surface area (Å²) in [6.07, 6.45) is 2.48. The van der Waals surface area contributed by atoms with Gasteiger partial charge in [-0.05, 0) is 18.8 Å². The maximum atomic E-state index is 5.63. The number of hydrogen-bond acceptors (Lipinski definition) is 3. The molecule has 0 bridgehead atoms. The van der Waals surface area contributed by atoms with Gasteiger partial charge in [0.05, 0.1) is 6.61 Å². The summed E-state index contributed by atoms with van der Waals surface area (Å²) < 4.78 is 5.05. The molecule has 1 aliphatic heterocycles. The van der Waals surface area contributed by atoms with Crippen LogP contribution < -0.4 is 5.84 Å². The molecule has 3 nitrogen and oxygen atoms in total.